The highest BCUT2D eigenvalue weighted by Gasteiger charge is 2.32. The first kappa shape index (κ1) is 30.8. The number of amides is 2. The zero-order valence-electron chi connectivity index (χ0n) is 23.3. The number of hydrogen-bond acceptors (Lipinski definition) is 7. The molecule has 3 aromatic rings. The van der Waals surface area contributed by atoms with Gasteiger partial charge in [-0.15, -0.1) is 11.8 Å². The lowest BCUT2D eigenvalue weighted by Crippen LogP contribution is -2.50. The van der Waals surface area contributed by atoms with Gasteiger partial charge >= 0.3 is 0 Å². The predicted molar refractivity (Wildman–Crippen MR) is 157 cm³/mol. The molecule has 0 unspecified atom stereocenters. The summed E-state index contributed by atoms with van der Waals surface area (Å²) in [7, 11) is -1.12. The quantitative estimate of drug-likeness (QED) is 0.300. The number of hydrogen-bond donors (Lipinski definition) is 1. The van der Waals surface area contributed by atoms with E-state index >= 15 is 0 Å². The Morgan fingerprint density at radius 1 is 1.00 bits per heavy atom. The van der Waals surface area contributed by atoms with Gasteiger partial charge in [0.2, 0.25) is 11.8 Å². The Balaban J connectivity index is 2.03. The Morgan fingerprint density at radius 3 is 2.25 bits per heavy atom. The largest absolute Gasteiger partial charge is 0.497 e. The third-order valence-electron chi connectivity index (χ3n) is 6.26. The molecule has 0 aromatic heterocycles. The second-order valence-corrected chi connectivity index (χ2v) is 11.5. The molecule has 0 aliphatic carbocycles. The molecule has 0 saturated carbocycles. The van der Waals surface area contributed by atoms with Gasteiger partial charge in [0.05, 0.1) is 24.3 Å². The topological polar surface area (TPSA) is 105 Å². The van der Waals surface area contributed by atoms with Crippen LogP contribution in [-0.2, 0) is 26.2 Å². The zero-order valence-corrected chi connectivity index (χ0v) is 24.9. The molecule has 0 saturated heterocycles. The number of thioether (sulfide) groups is 1. The van der Waals surface area contributed by atoms with Gasteiger partial charge in [0.15, 0.2) is 0 Å². The average Bonchev–Trinajstić information content (AvgIpc) is 2.98. The van der Waals surface area contributed by atoms with Crippen molar-refractivity contribution in [1.29, 1.82) is 0 Å². The monoisotopic (exact) mass is 585 g/mol. The molecule has 0 bridgehead atoms. The Kier molecular flexibility index (Phi) is 10.9. The number of methoxy groups -OCH3 is 1. The molecule has 11 heteroatoms. The Bertz CT molecular complexity index is 1400. The summed E-state index contributed by atoms with van der Waals surface area (Å²) in [6.07, 6.45) is 1.90. The minimum atomic E-state index is -4.15. The van der Waals surface area contributed by atoms with Gasteiger partial charge in [0, 0.05) is 18.5 Å². The highest BCUT2D eigenvalue weighted by Crippen LogP contribution is 2.28. The van der Waals surface area contributed by atoms with E-state index in [1.54, 1.807) is 68.6 Å². The molecule has 1 N–H and O–H groups in total. The maximum absolute atomic E-state index is 13.9. The summed E-state index contributed by atoms with van der Waals surface area (Å²) in [5.41, 5.74) is 1.02. The van der Waals surface area contributed by atoms with Crippen LogP contribution >= 0.6 is 11.8 Å². The van der Waals surface area contributed by atoms with Gasteiger partial charge in [0.1, 0.15) is 24.1 Å². The number of carbonyl (C=O) groups is 2. The summed E-state index contributed by atoms with van der Waals surface area (Å²) in [5.74, 6) is 0.258. The van der Waals surface area contributed by atoms with E-state index in [9.17, 15) is 18.0 Å². The molecule has 0 aliphatic heterocycles. The van der Waals surface area contributed by atoms with E-state index in [0.717, 1.165) is 14.8 Å². The predicted octanol–water partition coefficient (Wildman–Crippen LogP) is 4.17. The van der Waals surface area contributed by atoms with E-state index < -0.39 is 28.5 Å². The van der Waals surface area contributed by atoms with Gasteiger partial charge in [-0.3, -0.25) is 13.9 Å². The first-order valence-corrected chi connectivity index (χ1v) is 15.3. The van der Waals surface area contributed by atoms with Crippen molar-refractivity contribution in [3.05, 3.63) is 78.4 Å². The average molecular weight is 586 g/mol. The second-order valence-electron chi connectivity index (χ2n) is 8.78. The number of benzene rings is 3. The third kappa shape index (κ3) is 7.48. The molecule has 0 aliphatic rings. The van der Waals surface area contributed by atoms with Gasteiger partial charge < -0.3 is 19.7 Å². The second kappa shape index (κ2) is 14.1. The molecule has 0 fully saturated rings. The standard InChI is InChI=1S/C29H35N3O6S2/c1-6-38-24-12-10-23(11-13-24)32(40(35,36)27-16-14-26(39-5)15-17-27)20-28(33)31(21(2)29(34)30-3)19-22-8-7-9-25(18-22)37-4/h7-18,21H,6,19-20H2,1-5H3,(H,30,34)/t21-/m0/s1. The van der Waals surface area contributed by atoms with Gasteiger partial charge in [0.25, 0.3) is 10.0 Å². The van der Waals surface area contributed by atoms with E-state index in [-0.39, 0.29) is 17.3 Å². The van der Waals surface area contributed by atoms with Gasteiger partial charge in [-0.05, 0) is 86.3 Å². The number of rotatable bonds is 13. The van der Waals surface area contributed by atoms with Crippen LogP contribution in [0.1, 0.15) is 19.4 Å². The number of carbonyl (C=O) groups excluding carboxylic acids is 2. The van der Waals surface area contributed by atoms with Gasteiger partial charge in [-0.25, -0.2) is 8.42 Å². The molecule has 9 nitrogen and oxygen atoms in total. The molecule has 214 valence electrons. The minimum absolute atomic E-state index is 0.0469. The fraction of sp³-hybridized carbons (Fsp3) is 0.310. The summed E-state index contributed by atoms with van der Waals surface area (Å²) in [6.45, 7) is 3.47. The molecule has 40 heavy (non-hydrogen) atoms. The van der Waals surface area contributed by atoms with E-state index in [4.69, 9.17) is 9.47 Å². The number of nitrogens with zero attached hydrogens (tertiary/aromatic N) is 2. The van der Waals surface area contributed by atoms with Crippen molar-refractivity contribution in [1.82, 2.24) is 10.2 Å². The van der Waals surface area contributed by atoms with Crippen LogP contribution in [0.5, 0.6) is 11.5 Å². The lowest BCUT2D eigenvalue weighted by atomic mass is 10.1. The molecule has 0 radical (unpaired) electrons. The number of likely N-dealkylation sites (N-methyl/N-ethyl adjacent to an activating group) is 1. The first-order chi connectivity index (χ1) is 19.1. The molecular weight excluding hydrogens is 550 g/mol. The molecule has 0 heterocycles. The van der Waals surface area contributed by atoms with Crippen molar-refractivity contribution in [2.75, 3.05) is 37.9 Å². The number of anilines is 1. The first-order valence-electron chi connectivity index (χ1n) is 12.7. The van der Waals surface area contributed by atoms with Crippen LogP contribution in [0.15, 0.2) is 82.6 Å². The maximum Gasteiger partial charge on any atom is 0.264 e. The van der Waals surface area contributed by atoms with E-state index in [1.165, 1.54) is 35.8 Å². The highest BCUT2D eigenvalue weighted by atomic mass is 32.2. The van der Waals surface area contributed by atoms with Gasteiger partial charge in [-0.1, -0.05) is 12.1 Å². The van der Waals surface area contributed by atoms with E-state index in [0.29, 0.717) is 23.8 Å². The van der Waals surface area contributed by atoms with Crippen molar-refractivity contribution in [2.45, 2.75) is 36.2 Å². The van der Waals surface area contributed by atoms with Crippen molar-refractivity contribution in [3.8, 4) is 11.5 Å². The number of sulfonamides is 1. The Labute approximate surface area is 240 Å². The summed E-state index contributed by atoms with van der Waals surface area (Å²) < 4.78 is 39.7. The molecule has 1 atom stereocenters. The summed E-state index contributed by atoms with van der Waals surface area (Å²) in [6, 6.07) is 19.3. The van der Waals surface area contributed by atoms with Crippen LogP contribution in [0.25, 0.3) is 0 Å². The van der Waals surface area contributed by atoms with E-state index in [1.807, 2.05) is 19.2 Å². The van der Waals surface area contributed by atoms with Crippen molar-refractivity contribution in [3.63, 3.8) is 0 Å². The Morgan fingerprint density at radius 2 is 1.68 bits per heavy atom. The van der Waals surface area contributed by atoms with Crippen LogP contribution in [0.4, 0.5) is 5.69 Å². The van der Waals surface area contributed by atoms with Crippen LogP contribution < -0.4 is 19.1 Å². The lowest BCUT2D eigenvalue weighted by molar-refractivity contribution is -0.139. The molecular formula is C29H35N3O6S2. The molecule has 3 rings (SSSR count). The normalized spacial score (nSPS) is 11.8. The summed E-state index contributed by atoms with van der Waals surface area (Å²) in [5, 5.41) is 2.57. The smallest absolute Gasteiger partial charge is 0.264 e. The summed E-state index contributed by atoms with van der Waals surface area (Å²) in [4.78, 5) is 28.8. The fourth-order valence-electron chi connectivity index (χ4n) is 4.04. The molecule has 2 amide bonds. The van der Waals surface area contributed by atoms with Crippen molar-refractivity contribution < 1.29 is 27.5 Å². The third-order valence-corrected chi connectivity index (χ3v) is 8.79. The highest BCUT2D eigenvalue weighted by molar-refractivity contribution is 7.98. The lowest BCUT2D eigenvalue weighted by Gasteiger charge is -2.32. The molecule has 3 aromatic carbocycles. The maximum atomic E-state index is 13.9. The van der Waals surface area contributed by atoms with Crippen molar-refractivity contribution in [2.24, 2.45) is 0 Å². The van der Waals surface area contributed by atoms with Crippen LogP contribution in [0.2, 0.25) is 0 Å². The fourth-order valence-corrected chi connectivity index (χ4v) is 5.86. The van der Waals surface area contributed by atoms with E-state index in [2.05, 4.69) is 5.32 Å². The zero-order chi connectivity index (χ0) is 29.3. The number of nitrogens with one attached hydrogen (secondary N) is 1. The minimum Gasteiger partial charge on any atom is -0.497 e. The Hall–Kier alpha value is -3.70. The van der Waals surface area contributed by atoms with Crippen LogP contribution in [0, 0.1) is 0 Å². The van der Waals surface area contributed by atoms with Gasteiger partial charge in [-0.2, -0.15) is 0 Å². The SMILES string of the molecule is CCOc1ccc(N(CC(=O)N(Cc2cccc(OC)c2)[C@@H](C)C(=O)NC)S(=O)(=O)c2ccc(SC)cc2)cc1. The van der Waals surface area contributed by atoms with Crippen LogP contribution in [0.3, 0.4) is 0 Å². The summed E-state index contributed by atoms with van der Waals surface area (Å²) >= 11 is 1.50. The van der Waals surface area contributed by atoms with Crippen LogP contribution in [-0.4, -0.2) is 64.7 Å². The number of ether oxygens (including phenoxy) is 2. The molecule has 0 spiro atoms. The van der Waals surface area contributed by atoms with Crippen molar-refractivity contribution >= 4 is 39.3 Å².